The van der Waals surface area contributed by atoms with Gasteiger partial charge >= 0.3 is 18.1 Å². The van der Waals surface area contributed by atoms with Crippen molar-refractivity contribution in [1.29, 1.82) is 0 Å². The summed E-state index contributed by atoms with van der Waals surface area (Å²) in [5, 5.41) is 13.6. The Balaban J connectivity index is 3.01. The number of carbonyl (C=O) groups is 2. The second kappa shape index (κ2) is 8.90. The van der Waals surface area contributed by atoms with Gasteiger partial charge in [-0.15, -0.1) is 0 Å². The van der Waals surface area contributed by atoms with Gasteiger partial charge in [-0.25, -0.2) is 4.79 Å². The van der Waals surface area contributed by atoms with E-state index in [0.29, 0.717) is 5.56 Å². The minimum Gasteiger partial charge on any atom is -0.397 e. The predicted molar refractivity (Wildman–Crippen MR) is 86.7 cm³/mol. The number of amides is 1. The standard InChI is InChI=1S/C16H20N2O7/c1-11(2)14(20)25-16(23-3,24-4)15(18(21)22)17-13(19)10-12-8-6-5-7-9-12/h5-9,15H,1,10H2,2-4H3,(H,17,19). The Kier molecular flexibility index (Phi) is 7.22. The Labute approximate surface area is 144 Å². The summed E-state index contributed by atoms with van der Waals surface area (Å²) in [5.74, 6) is -4.07. The number of benzene rings is 1. The largest absolute Gasteiger partial charge is 0.422 e. The second-order valence-corrected chi connectivity index (χ2v) is 5.10. The molecule has 0 fully saturated rings. The van der Waals surface area contributed by atoms with Crippen molar-refractivity contribution < 1.29 is 28.7 Å². The molecule has 1 rings (SSSR count). The maximum absolute atomic E-state index is 12.1. The summed E-state index contributed by atoms with van der Waals surface area (Å²) in [5.41, 5.74) is 0.637. The Morgan fingerprint density at radius 3 is 2.28 bits per heavy atom. The number of ether oxygens (including phenoxy) is 3. The molecule has 0 saturated carbocycles. The molecule has 1 amide bonds. The average molecular weight is 352 g/mol. The number of rotatable bonds is 9. The second-order valence-electron chi connectivity index (χ2n) is 5.10. The summed E-state index contributed by atoms with van der Waals surface area (Å²) in [6, 6.07) is 8.64. The van der Waals surface area contributed by atoms with Gasteiger partial charge in [0.15, 0.2) is 0 Å². The topological polar surface area (TPSA) is 117 Å². The van der Waals surface area contributed by atoms with Crippen molar-refractivity contribution in [2.75, 3.05) is 14.2 Å². The fourth-order valence-electron chi connectivity index (χ4n) is 1.92. The minimum atomic E-state index is -2.44. The molecule has 1 aromatic rings. The third kappa shape index (κ3) is 5.37. The van der Waals surface area contributed by atoms with Crippen LogP contribution < -0.4 is 5.32 Å². The van der Waals surface area contributed by atoms with E-state index in [-0.39, 0.29) is 12.0 Å². The first-order valence-electron chi connectivity index (χ1n) is 7.21. The zero-order valence-corrected chi connectivity index (χ0v) is 14.2. The van der Waals surface area contributed by atoms with Gasteiger partial charge in [0.05, 0.1) is 11.3 Å². The molecule has 0 radical (unpaired) electrons. The lowest BCUT2D eigenvalue weighted by atomic mass is 10.1. The lowest BCUT2D eigenvalue weighted by molar-refractivity contribution is -0.595. The Hall–Kier alpha value is -2.78. The summed E-state index contributed by atoms with van der Waals surface area (Å²) in [4.78, 5) is 34.5. The number of hydrogen-bond acceptors (Lipinski definition) is 7. The number of nitrogens with zero attached hydrogens (tertiary/aromatic N) is 1. The molecule has 0 heterocycles. The molecule has 0 aliphatic heterocycles. The van der Waals surface area contributed by atoms with Crippen LogP contribution in [0.4, 0.5) is 0 Å². The molecule has 0 aromatic heterocycles. The molecule has 0 saturated heterocycles. The van der Waals surface area contributed by atoms with E-state index in [1.54, 1.807) is 30.3 Å². The van der Waals surface area contributed by atoms with Crippen LogP contribution in [-0.4, -0.2) is 43.2 Å². The molecule has 0 aliphatic carbocycles. The fourth-order valence-corrected chi connectivity index (χ4v) is 1.92. The summed E-state index contributed by atoms with van der Waals surface area (Å²) >= 11 is 0. The lowest BCUT2D eigenvalue weighted by Gasteiger charge is -2.31. The highest BCUT2D eigenvalue weighted by Crippen LogP contribution is 2.21. The van der Waals surface area contributed by atoms with Gasteiger partial charge < -0.3 is 14.2 Å². The molecule has 9 heteroatoms. The molecule has 1 aromatic carbocycles. The van der Waals surface area contributed by atoms with Crippen LogP contribution in [0.3, 0.4) is 0 Å². The van der Waals surface area contributed by atoms with Crippen LogP contribution in [0, 0.1) is 10.1 Å². The minimum absolute atomic E-state index is 0.0174. The van der Waals surface area contributed by atoms with Crippen LogP contribution in [0.2, 0.25) is 0 Å². The van der Waals surface area contributed by atoms with Crippen LogP contribution in [0.25, 0.3) is 0 Å². The van der Waals surface area contributed by atoms with Gasteiger partial charge in [0.1, 0.15) is 0 Å². The summed E-state index contributed by atoms with van der Waals surface area (Å²) < 4.78 is 14.8. The van der Waals surface area contributed by atoms with Crippen molar-refractivity contribution in [3.8, 4) is 0 Å². The maximum Gasteiger partial charge on any atom is 0.422 e. The molecule has 9 nitrogen and oxygen atoms in total. The maximum atomic E-state index is 12.1. The monoisotopic (exact) mass is 352 g/mol. The van der Waals surface area contributed by atoms with E-state index < -0.39 is 28.9 Å². The fraction of sp³-hybridized carbons (Fsp3) is 0.375. The highest BCUT2D eigenvalue weighted by atomic mass is 16.9. The van der Waals surface area contributed by atoms with E-state index in [9.17, 15) is 19.7 Å². The molecule has 0 bridgehead atoms. The molecule has 0 spiro atoms. The first kappa shape index (κ1) is 20.3. The SMILES string of the molecule is C=C(C)C(=O)OC(OC)(OC)C(NC(=O)Cc1ccccc1)[N+](=O)[O-]. The number of esters is 1. The first-order valence-corrected chi connectivity index (χ1v) is 7.21. The molecular formula is C16H20N2O7. The van der Waals surface area contributed by atoms with Gasteiger partial charge in [0, 0.05) is 19.8 Å². The van der Waals surface area contributed by atoms with E-state index in [1.807, 2.05) is 0 Å². The number of methoxy groups -OCH3 is 2. The van der Waals surface area contributed by atoms with Crippen LogP contribution in [-0.2, 0) is 30.2 Å². The average Bonchev–Trinajstić information content (AvgIpc) is 2.58. The summed E-state index contributed by atoms with van der Waals surface area (Å²) in [6.07, 6.45) is -2.09. The van der Waals surface area contributed by atoms with Gasteiger partial charge in [-0.05, 0) is 12.5 Å². The van der Waals surface area contributed by atoms with E-state index in [2.05, 4.69) is 11.9 Å². The molecule has 136 valence electrons. The third-order valence-corrected chi connectivity index (χ3v) is 3.20. The highest BCUT2D eigenvalue weighted by molar-refractivity contribution is 5.87. The van der Waals surface area contributed by atoms with Crippen molar-refractivity contribution in [3.63, 3.8) is 0 Å². The van der Waals surface area contributed by atoms with Crippen LogP contribution in [0.1, 0.15) is 12.5 Å². The van der Waals surface area contributed by atoms with Crippen LogP contribution in [0.15, 0.2) is 42.5 Å². The predicted octanol–water partition coefficient (Wildman–Crippen LogP) is 1.01. The number of carbonyl (C=O) groups excluding carboxylic acids is 2. The number of hydrogen-bond donors (Lipinski definition) is 1. The van der Waals surface area contributed by atoms with Crippen molar-refractivity contribution in [2.45, 2.75) is 25.5 Å². The molecule has 0 aliphatic rings. The number of nitro groups is 1. The van der Waals surface area contributed by atoms with Gasteiger partial charge in [0.25, 0.3) is 0 Å². The molecule has 1 unspecified atom stereocenters. The lowest BCUT2D eigenvalue weighted by Crippen LogP contribution is -2.61. The summed E-state index contributed by atoms with van der Waals surface area (Å²) in [6.45, 7) is 4.74. The zero-order chi connectivity index (χ0) is 19.0. The van der Waals surface area contributed by atoms with Gasteiger partial charge in [-0.1, -0.05) is 36.9 Å². The van der Waals surface area contributed by atoms with Crippen molar-refractivity contribution in [1.82, 2.24) is 5.32 Å². The van der Waals surface area contributed by atoms with Crippen LogP contribution in [0.5, 0.6) is 0 Å². The molecule has 1 atom stereocenters. The van der Waals surface area contributed by atoms with Gasteiger partial charge in [0.2, 0.25) is 5.91 Å². The zero-order valence-electron chi connectivity index (χ0n) is 14.2. The van der Waals surface area contributed by atoms with E-state index in [1.165, 1.54) is 6.92 Å². The molecule has 1 N–H and O–H groups in total. The quantitative estimate of drug-likeness (QED) is 0.232. The van der Waals surface area contributed by atoms with Crippen molar-refractivity contribution >= 4 is 11.9 Å². The molecule has 25 heavy (non-hydrogen) atoms. The van der Waals surface area contributed by atoms with Crippen LogP contribution >= 0.6 is 0 Å². The third-order valence-electron chi connectivity index (χ3n) is 3.20. The number of nitrogens with one attached hydrogen (secondary N) is 1. The van der Waals surface area contributed by atoms with Crippen molar-refractivity contribution in [3.05, 3.63) is 58.2 Å². The highest BCUT2D eigenvalue weighted by Gasteiger charge is 2.54. The van der Waals surface area contributed by atoms with E-state index >= 15 is 0 Å². The van der Waals surface area contributed by atoms with Crippen molar-refractivity contribution in [2.24, 2.45) is 0 Å². The van der Waals surface area contributed by atoms with E-state index in [0.717, 1.165) is 14.2 Å². The van der Waals surface area contributed by atoms with E-state index in [4.69, 9.17) is 14.2 Å². The van der Waals surface area contributed by atoms with Gasteiger partial charge in [-0.2, -0.15) is 0 Å². The normalized spacial score (nSPS) is 12.1. The Bertz CT molecular complexity index is 641. The smallest absolute Gasteiger partial charge is 0.397 e. The molecular weight excluding hydrogens is 332 g/mol. The van der Waals surface area contributed by atoms with Gasteiger partial charge in [-0.3, -0.25) is 20.2 Å². The Morgan fingerprint density at radius 2 is 1.84 bits per heavy atom. The summed E-state index contributed by atoms with van der Waals surface area (Å²) in [7, 11) is 2.10. The first-order chi connectivity index (χ1) is 11.8. The Morgan fingerprint density at radius 1 is 1.28 bits per heavy atom.